The van der Waals surface area contributed by atoms with Crippen LogP contribution in [0.3, 0.4) is 0 Å². The van der Waals surface area contributed by atoms with Crippen molar-refractivity contribution in [2.45, 2.75) is 26.3 Å². The molecule has 0 fully saturated rings. The van der Waals surface area contributed by atoms with Gasteiger partial charge in [-0.3, -0.25) is 0 Å². The Kier molecular flexibility index (Phi) is 6.44. The lowest BCUT2D eigenvalue weighted by atomic mass is 10.1. The summed E-state index contributed by atoms with van der Waals surface area (Å²) in [5, 5.41) is 3.54. The van der Waals surface area contributed by atoms with E-state index in [0.29, 0.717) is 6.04 Å². The van der Waals surface area contributed by atoms with Gasteiger partial charge in [0.05, 0.1) is 0 Å². The maximum absolute atomic E-state index is 3.80. The zero-order valence-corrected chi connectivity index (χ0v) is 13.1. The highest BCUT2D eigenvalue weighted by Crippen LogP contribution is 2.29. The van der Waals surface area contributed by atoms with E-state index < -0.39 is 0 Å². The minimum Gasteiger partial charge on any atom is -0.371 e. The van der Waals surface area contributed by atoms with Gasteiger partial charge in [0.25, 0.3) is 0 Å². The van der Waals surface area contributed by atoms with Crippen molar-refractivity contribution in [2.75, 3.05) is 25.0 Å². The SMILES string of the molecule is C=CCN(C)c1cc(Br)ccc1C(C)NCCC. The van der Waals surface area contributed by atoms with Crippen molar-refractivity contribution in [3.8, 4) is 0 Å². The van der Waals surface area contributed by atoms with Gasteiger partial charge in [0.15, 0.2) is 0 Å². The topological polar surface area (TPSA) is 15.3 Å². The number of rotatable bonds is 7. The highest BCUT2D eigenvalue weighted by molar-refractivity contribution is 9.10. The molecule has 1 rings (SSSR count). The first kappa shape index (κ1) is 15.3. The van der Waals surface area contributed by atoms with Crippen LogP contribution in [0, 0.1) is 0 Å². The summed E-state index contributed by atoms with van der Waals surface area (Å²) in [6, 6.07) is 6.82. The number of nitrogens with one attached hydrogen (secondary N) is 1. The van der Waals surface area contributed by atoms with E-state index in [1.807, 2.05) is 6.08 Å². The van der Waals surface area contributed by atoms with Crippen molar-refractivity contribution in [2.24, 2.45) is 0 Å². The van der Waals surface area contributed by atoms with E-state index in [-0.39, 0.29) is 0 Å². The van der Waals surface area contributed by atoms with Crippen LogP contribution in [0.25, 0.3) is 0 Å². The molecular formula is C15H23BrN2. The summed E-state index contributed by atoms with van der Waals surface area (Å²) in [5.74, 6) is 0. The van der Waals surface area contributed by atoms with Gasteiger partial charge in [0, 0.05) is 29.8 Å². The number of hydrogen-bond donors (Lipinski definition) is 1. The number of anilines is 1. The summed E-state index contributed by atoms with van der Waals surface area (Å²) in [6.07, 6.45) is 3.08. The van der Waals surface area contributed by atoms with E-state index >= 15 is 0 Å². The molecule has 0 aromatic heterocycles. The summed E-state index contributed by atoms with van der Waals surface area (Å²) in [7, 11) is 2.10. The molecule has 0 spiro atoms. The first-order valence-electron chi connectivity index (χ1n) is 6.45. The third kappa shape index (κ3) is 4.14. The molecule has 0 saturated carbocycles. The van der Waals surface area contributed by atoms with Crippen LogP contribution in [0.4, 0.5) is 5.69 Å². The molecule has 0 bridgehead atoms. The third-order valence-corrected chi connectivity index (χ3v) is 3.47. The molecule has 1 N–H and O–H groups in total. The summed E-state index contributed by atoms with van der Waals surface area (Å²) >= 11 is 3.54. The second kappa shape index (κ2) is 7.59. The normalized spacial score (nSPS) is 12.2. The smallest absolute Gasteiger partial charge is 0.0426 e. The Bertz CT molecular complexity index is 390. The monoisotopic (exact) mass is 310 g/mol. The Morgan fingerprint density at radius 3 is 2.83 bits per heavy atom. The molecule has 1 aromatic carbocycles. The average Bonchev–Trinajstić information content (AvgIpc) is 2.36. The van der Waals surface area contributed by atoms with Crippen molar-refractivity contribution in [1.29, 1.82) is 0 Å². The van der Waals surface area contributed by atoms with Crippen molar-refractivity contribution in [3.05, 3.63) is 40.9 Å². The summed E-state index contributed by atoms with van der Waals surface area (Å²) in [5.41, 5.74) is 2.58. The first-order valence-corrected chi connectivity index (χ1v) is 7.24. The molecule has 1 atom stereocenters. The van der Waals surface area contributed by atoms with Gasteiger partial charge >= 0.3 is 0 Å². The Labute approximate surface area is 119 Å². The van der Waals surface area contributed by atoms with E-state index in [0.717, 1.165) is 24.0 Å². The van der Waals surface area contributed by atoms with Gasteiger partial charge in [-0.2, -0.15) is 0 Å². The zero-order chi connectivity index (χ0) is 13.5. The van der Waals surface area contributed by atoms with Crippen molar-refractivity contribution in [3.63, 3.8) is 0 Å². The quantitative estimate of drug-likeness (QED) is 0.762. The molecule has 0 heterocycles. The molecule has 1 aromatic rings. The zero-order valence-electron chi connectivity index (χ0n) is 11.5. The molecule has 0 aliphatic rings. The number of likely N-dealkylation sites (N-methyl/N-ethyl adjacent to an activating group) is 1. The molecule has 3 heteroatoms. The van der Waals surface area contributed by atoms with Gasteiger partial charge in [-0.15, -0.1) is 6.58 Å². The van der Waals surface area contributed by atoms with Crippen LogP contribution in [-0.2, 0) is 0 Å². The van der Waals surface area contributed by atoms with Gasteiger partial charge in [0.1, 0.15) is 0 Å². The van der Waals surface area contributed by atoms with Gasteiger partial charge < -0.3 is 10.2 Å². The van der Waals surface area contributed by atoms with Gasteiger partial charge in [-0.25, -0.2) is 0 Å². The number of nitrogens with zero attached hydrogens (tertiary/aromatic N) is 1. The molecule has 0 aliphatic heterocycles. The second-order valence-electron chi connectivity index (χ2n) is 4.55. The van der Waals surface area contributed by atoms with Crippen LogP contribution in [-0.4, -0.2) is 20.1 Å². The van der Waals surface area contributed by atoms with E-state index in [1.165, 1.54) is 11.3 Å². The molecule has 0 amide bonds. The Morgan fingerprint density at radius 1 is 1.50 bits per heavy atom. The first-order chi connectivity index (χ1) is 8.60. The molecule has 0 aliphatic carbocycles. The molecule has 18 heavy (non-hydrogen) atoms. The molecule has 1 unspecified atom stereocenters. The van der Waals surface area contributed by atoms with Crippen LogP contribution in [0.1, 0.15) is 31.9 Å². The maximum atomic E-state index is 3.80. The van der Waals surface area contributed by atoms with Crippen molar-refractivity contribution < 1.29 is 0 Å². The van der Waals surface area contributed by atoms with Crippen LogP contribution in [0.15, 0.2) is 35.3 Å². The minimum atomic E-state index is 0.361. The van der Waals surface area contributed by atoms with E-state index in [2.05, 4.69) is 71.8 Å². The highest BCUT2D eigenvalue weighted by atomic mass is 79.9. The van der Waals surface area contributed by atoms with Crippen LogP contribution in [0.2, 0.25) is 0 Å². The van der Waals surface area contributed by atoms with Gasteiger partial charge in [-0.05, 0) is 37.6 Å². The molecule has 100 valence electrons. The second-order valence-corrected chi connectivity index (χ2v) is 5.46. The lowest BCUT2D eigenvalue weighted by molar-refractivity contribution is 0.570. The van der Waals surface area contributed by atoms with E-state index in [9.17, 15) is 0 Å². The summed E-state index contributed by atoms with van der Waals surface area (Å²) < 4.78 is 1.11. The molecule has 0 radical (unpaired) electrons. The Morgan fingerprint density at radius 2 is 2.22 bits per heavy atom. The Hall–Kier alpha value is -0.800. The summed E-state index contributed by atoms with van der Waals surface area (Å²) in [4.78, 5) is 2.22. The predicted octanol–water partition coefficient (Wildman–Crippen LogP) is 4.13. The fourth-order valence-corrected chi connectivity index (χ4v) is 2.33. The predicted molar refractivity (Wildman–Crippen MR) is 84.3 cm³/mol. The fourth-order valence-electron chi connectivity index (χ4n) is 1.98. The standard InChI is InChI=1S/C15H23BrN2/c1-5-9-17-12(3)14-8-7-13(16)11-15(14)18(4)10-6-2/h6-8,11-12,17H,2,5,9-10H2,1,3-4H3. The fraction of sp³-hybridized carbons (Fsp3) is 0.467. The average molecular weight is 311 g/mol. The number of halogens is 1. The van der Waals surface area contributed by atoms with Crippen LogP contribution < -0.4 is 10.2 Å². The maximum Gasteiger partial charge on any atom is 0.0426 e. The lowest BCUT2D eigenvalue weighted by Gasteiger charge is -2.25. The lowest BCUT2D eigenvalue weighted by Crippen LogP contribution is -2.24. The number of hydrogen-bond acceptors (Lipinski definition) is 2. The third-order valence-electron chi connectivity index (χ3n) is 2.97. The van der Waals surface area contributed by atoms with Crippen LogP contribution >= 0.6 is 15.9 Å². The highest BCUT2D eigenvalue weighted by Gasteiger charge is 2.12. The summed E-state index contributed by atoms with van der Waals surface area (Å²) in [6.45, 7) is 10.1. The molecular weight excluding hydrogens is 288 g/mol. The molecule has 2 nitrogen and oxygen atoms in total. The molecule has 0 saturated heterocycles. The largest absolute Gasteiger partial charge is 0.371 e. The van der Waals surface area contributed by atoms with Crippen LogP contribution in [0.5, 0.6) is 0 Å². The van der Waals surface area contributed by atoms with Crippen molar-refractivity contribution >= 4 is 21.6 Å². The van der Waals surface area contributed by atoms with Crippen molar-refractivity contribution in [1.82, 2.24) is 5.32 Å². The van der Waals surface area contributed by atoms with Gasteiger partial charge in [-0.1, -0.05) is 35.0 Å². The Balaban J connectivity index is 2.98. The number of benzene rings is 1. The van der Waals surface area contributed by atoms with Gasteiger partial charge in [0.2, 0.25) is 0 Å². The van der Waals surface area contributed by atoms with E-state index in [4.69, 9.17) is 0 Å². The van der Waals surface area contributed by atoms with E-state index in [1.54, 1.807) is 0 Å². The minimum absolute atomic E-state index is 0.361.